The van der Waals surface area contributed by atoms with Crippen LogP contribution in [-0.4, -0.2) is 9.78 Å². The van der Waals surface area contributed by atoms with E-state index < -0.39 is 0 Å². The van der Waals surface area contributed by atoms with Gasteiger partial charge in [-0.3, -0.25) is 4.68 Å². The van der Waals surface area contributed by atoms with Crippen LogP contribution in [0.5, 0.6) is 0 Å². The topological polar surface area (TPSA) is 41.6 Å². The van der Waals surface area contributed by atoms with Crippen molar-refractivity contribution < 1.29 is 0 Å². The fourth-order valence-electron chi connectivity index (χ4n) is 0.547. The van der Waals surface area contributed by atoms with Gasteiger partial charge >= 0.3 is 0 Å². The van der Waals surface area contributed by atoms with Crippen LogP contribution >= 0.6 is 0 Å². The molecule has 0 fully saturated rings. The quantitative estimate of drug-likeness (QED) is 0.573. The lowest BCUT2D eigenvalue weighted by Crippen LogP contribution is -1.95. The van der Waals surface area contributed by atoms with Gasteiger partial charge in [0, 0.05) is 12.3 Å². The zero-order chi connectivity index (χ0) is 6.53. The molecule has 0 N–H and O–H groups in total. The van der Waals surface area contributed by atoms with Crippen LogP contribution in [0, 0.1) is 17.4 Å². The summed E-state index contributed by atoms with van der Waals surface area (Å²) in [6.07, 6.45) is 3.81. The first-order valence-corrected chi connectivity index (χ1v) is 2.69. The number of aryl methyl sites for hydroxylation is 1. The molecule has 0 saturated carbocycles. The van der Waals surface area contributed by atoms with E-state index in [0.29, 0.717) is 13.0 Å². The maximum Gasteiger partial charge on any atom is 0.0641 e. The number of nitrogens with zero attached hydrogens (tertiary/aromatic N) is 3. The highest BCUT2D eigenvalue weighted by atomic mass is 15.3. The largest absolute Gasteiger partial charge is 0.271 e. The van der Waals surface area contributed by atoms with Gasteiger partial charge in [0.25, 0.3) is 0 Å². The minimum Gasteiger partial charge on any atom is -0.271 e. The average molecular weight is 120 g/mol. The van der Waals surface area contributed by atoms with E-state index in [1.54, 1.807) is 17.1 Å². The van der Waals surface area contributed by atoms with Crippen LogP contribution < -0.4 is 0 Å². The fourth-order valence-corrected chi connectivity index (χ4v) is 0.547. The minimum absolute atomic E-state index is 0.509. The van der Waals surface area contributed by atoms with Crippen molar-refractivity contribution in [3.8, 4) is 6.07 Å². The van der Waals surface area contributed by atoms with Crippen molar-refractivity contribution in [2.75, 3.05) is 0 Å². The molecule has 0 aliphatic rings. The lowest BCUT2D eigenvalue weighted by atomic mass is 10.5. The SMILES string of the molecule is N#CCCn1c[c]cn1. The highest BCUT2D eigenvalue weighted by Crippen LogP contribution is 1.85. The van der Waals surface area contributed by atoms with E-state index in [2.05, 4.69) is 11.2 Å². The van der Waals surface area contributed by atoms with Crippen LogP contribution in [0.2, 0.25) is 0 Å². The van der Waals surface area contributed by atoms with Crippen LogP contribution in [0.4, 0.5) is 0 Å². The number of nitriles is 1. The maximum absolute atomic E-state index is 8.16. The fraction of sp³-hybridized carbons (Fsp3) is 0.333. The molecule has 0 aromatic carbocycles. The van der Waals surface area contributed by atoms with E-state index >= 15 is 0 Å². The molecular weight excluding hydrogens is 114 g/mol. The van der Waals surface area contributed by atoms with Crippen molar-refractivity contribution in [3.63, 3.8) is 0 Å². The standard InChI is InChI=1S/C6H6N3/c7-3-1-5-9-6-2-4-8-9/h4,6H,1,5H2. The third-order valence-electron chi connectivity index (χ3n) is 0.957. The molecule has 0 bridgehead atoms. The van der Waals surface area contributed by atoms with E-state index in [-0.39, 0.29) is 0 Å². The molecule has 9 heavy (non-hydrogen) atoms. The third kappa shape index (κ3) is 1.57. The second-order valence-electron chi connectivity index (χ2n) is 1.61. The second-order valence-corrected chi connectivity index (χ2v) is 1.61. The summed E-state index contributed by atoms with van der Waals surface area (Å²) >= 11 is 0. The zero-order valence-electron chi connectivity index (χ0n) is 4.91. The Bertz CT molecular complexity index is 195. The summed E-state index contributed by atoms with van der Waals surface area (Å²) < 4.78 is 1.68. The van der Waals surface area contributed by atoms with Gasteiger partial charge in [-0.2, -0.15) is 10.4 Å². The molecule has 1 aromatic heterocycles. The Morgan fingerprint density at radius 1 is 1.78 bits per heavy atom. The zero-order valence-corrected chi connectivity index (χ0v) is 4.91. The summed E-state index contributed by atoms with van der Waals surface area (Å²) in [5, 5.41) is 12.0. The summed E-state index contributed by atoms with van der Waals surface area (Å²) in [5.74, 6) is 0. The summed E-state index contributed by atoms with van der Waals surface area (Å²) in [6.45, 7) is 0.667. The van der Waals surface area contributed by atoms with Crippen molar-refractivity contribution in [2.45, 2.75) is 13.0 Å². The Kier molecular flexibility index (Phi) is 1.86. The van der Waals surface area contributed by atoms with Crippen LogP contribution in [0.25, 0.3) is 0 Å². The van der Waals surface area contributed by atoms with Crippen molar-refractivity contribution in [1.29, 1.82) is 5.26 Å². The predicted octanol–water partition coefficient (Wildman–Crippen LogP) is 0.597. The molecule has 0 aliphatic heterocycles. The van der Waals surface area contributed by atoms with Gasteiger partial charge in [0.2, 0.25) is 0 Å². The van der Waals surface area contributed by atoms with E-state index in [1.165, 1.54) is 0 Å². The third-order valence-corrected chi connectivity index (χ3v) is 0.957. The molecule has 1 rings (SSSR count). The molecule has 1 heterocycles. The molecule has 1 aromatic rings. The minimum atomic E-state index is 0.509. The first-order chi connectivity index (χ1) is 4.43. The van der Waals surface area contributed by atoms with Crippen LogP contribution in [0.15, 0.2) is 12.4 Å². The molecule has 3 nitrogen and oxygen atoms in total. The van der Waals surface area contributed by atoms with Gasteiger partial charge in [0.1, 0.15) is 0 Å². The van der Waals surface area contributed by atoms with Crippen LogP contribution in [-0.2, 0) is 6.54 Å². The lowest BCUT2D eigenvalue weighted by Gasteiger charge is -1.91. The van der Waals surface area contributed by atoms with Gasteiger partial charge < -0.3 is 0 Å². The number of aromatic nitrogens is 2. The first-order valence-electron chi connectivity index (χ1n) is 2.69. The van der Waals surface area contributed by atoms with E-state index in [9.17, 15) is 0 Å². The Morgan fingerprint density at radius 2 is 2.67 bits per heavy atom. The van der Waals surface area contributed by atoms with Gasteiger partial charge in [0.15, 0.2) is 0 Å². The van der Waals surface area contributed by atoms with E-state index in [0.717, 1.165) is 0 Å². The number of hydrogen-bond donors (Lipinski definition) is 0. The normalized spacial score (nSPS) is 8.78. The molecule has 0 atom stereocenters. The molecule has 1 radical (unpaired) electrons. The Morgan fingerprint density at radius 3 is 3.22 bits per heavy atom. The smallest absolute Gasteiger partial charge is 0.0641 e. The summed E-state index contributed by atoms with van der Waals surface area (Å²) in [6, 6.07) is 4.81. The summed E-state index contributed by atoms with van der Waals surface area (Å²) in [4.78, 5) is 0. The van der Waals surface area contributed by atoms with Gasteiger partial charge in [-0.25, -0.2) is 0 Å². The number of rotatable bonds is 2. The molecule has 45 valence electrons. The van der Waals surface area contributed by atoms with Crippen LogP contribution in [0.3, 0.4) is 0 Å². The molecule has 0 amide bonds. The van der Waals surface area contributed by atoms with E-state index in [4.69, 9.17) is 5.26 Å². The van der Waals surface area contributed by atoms with Gasteiger partial charge in [-0.05, 0) is 0 Å². The second kappa shape index (κ2) is 2.88. The molecule has 0 saturated heterocycles. The number of hydrogen-bond acceptors (Lipinski definition) is 2. The molecular formula is C6H6N3. The van der Waals surface area contributed by atoms with Crippen molar-refractivity contribution in [3.05, 3.63) is 18.5 Å². The van der Waals surface area contributed by atoms with Gasteiger partial charge in [-0.1, -0.05) is 0 Å². The Labute approximate surface area is 53.5 Å². The molecule has 0 spiro atoms. The molecule has 3 heteroatoms. The summed E-state index contributed by atoms with van der Waals surface area (Å²) in [7, 11) is 0. The maximum atomic E-state index is 8.16. The van der Waals surface area contributed by atoms with E-state index in [1.807, 2.05) is 6.07 Å². The first kappa shape index (κ1) is 5.83. The van der Waals surface area contributed by atoms with Crippen LogP contribution in [0.1, 0.15) is 6.42 Å². The monoisotopic (exact) mass is 120 g/mol. The van der Waals surface area contributed by atoms with Gasteiger partial charge in [-0.15, -0.1) is 0 Å². The van der Waals surface area contributed by atoms with Gasteiger partial charge in [0.05, 0.1) is 25.2 Å². The molecule has 0 unspecified atom stereocenters. The summed E-state index contributed by atoms with van der Waals surface area (Å²) in [5.41, 5.74) is 0. The van der Waals surface area contributed by atoms with Crippen molar-refractivity contribution >= 4 is 0 Å². The van der Waals surface area contributed by atoms with Crippen molar-refractivity contribution in [1.82, 2.24) is 9.78 Å². The average Bonchev–Trinajstić information content (AvgIpc) is 2.34. The predicted molar refractivity (Wildman–Crippen MR) is 31.3 cm³/mol. The van der Waals surface area contributed by atoms with Crippen molar-refractivity contribution in [2.24, 2.45) is 0 Å². The Hall–Kier alpha value is -1.30. The lowest BCUT2D eigenvalue weighted by molar-refractivity contribution is 0.627. The Balaban J connectivity index is 2.41. The molecule has 0 aliphatic carbocycles. The highest BCUT2D eigenvalue weighted by Gasteiger charge is 1.86. The highest BCUT2D eigenvalue weighted by molar-refractivity contribution is 4.76.